The standard InChI is InChI=1S/C29H39N9O2/c1-18-24(36-29(40)21-8-6-20(7-9-21)19-4-5-19)3-2-14-38(18)25-17-34-26(27(31)39)28(37-25)35-23(15-30)16-33-22-10-12-32-13-11-22/h6-9,15-19,22,24,32H,2-5,10-14,30H2,1H3,(H2,31,39)(H,35,37)(H,36,40)/t18-,24-/m1/s1. The van der Waals surface area contributed by atoms with Crippen molar-refractivity contribution < 1.29 is 9.59 Å². The number of allylic oxidation sites excluding steroid dienone is 1. The molecular formula is C29H39N9O2. The highest BCUT2D eigenvalue weighted by Crippen LogP contribution is 2.39. The fourth-order valence-corrected chi connectivity index (χ4v) is 5.42. The zero-order valence-electron chi connectivity index (χ0n) is 23.0. The molecule has 2 amide bonds. The predicted octanol–water partition coefficient (Wildman–Crippen LogP) is 2.28. The summed E-state index contributed by atoms with van der Waals surface area (Å²) in [5, 5.41) is 9.63. The van der Waals surface area contributed by atoms with Crippen molar-refractivity contribution in [3.63, 3.8) is 0 Å². The van der Waals surface area contributed by atoms with Gasteiger partial charge in [-0.05, 0) is 82.2 Å². The van der Waals surface area contributed by atoms with Gasteiger partial charge in [-0.1, -0.05) is 12.1 Å². The molecule has 5 rings (SSSR count). The molecule has 0 bridgehead atoms. The molecule has 2 atom stereocenters. The molecule has 11 nitrogen and oxygen atoms in total. The molecule has 2 aromatic rings. The lowest BCUT2D eigenvalue weighted by atomic mass is 9.97. The van der Waals surface area contributed by atoms with E-state index in [0.717, 1.165) is 45.3 Å². The van der Waals surface area contributed by atoms with Gasteiger partial charge in [0.15, 0.2) is 11.5 Å². The Balaban J connectivity index is 1.29. The molecule has 3 heterocycles. The summed E-state index contributed by atoms with van der Waals surface area (Å²) in [7, 11) is 0. The van der Waals surface area contributed by atoms with Crippen molar-refractivity contribution in [2.45, 2.75) is 69.5 Å². The first-order chi connectivity index (χ1) is 19.4. The molecular weight excluding hydrogens is 506 g/mol. The summed E-state index contributed by atoms with van der Waals surface area (Å²) >= 11 is 0. The van der Waals surface area contributed by atoms with E-state index in [1.54, 1.807) is 12.4 Å². The van der Waals surface area contributed by atoms with Crippen molar-refractivity contribution in [3.8, 4) is 0 Å². The lowest BCUT2D eigenvalue weighted by molar-refractivity contribution is 0.0923. The minimum atomic E-state index is -0.697. The van der Waals surface area contributed by atoms with Crippen molar-refractivity contribution in [1.29, 1.82) is 0 Å². The fourth-order valence-electron chi connectivity index (χ4n) is 5.42. The van der Waals surface area contributed by atoms with E-state index >= 15 is 0 Å². The van der Waals surface area contributed by atoms with Gasteiger partial charge < -0.3 is 32.3 Å². The Bertz CT molecular complexity index is 1270. The fraction of sp³-hybridized carbons (Fsp3) is 0.483. The Morgan fingerprint density at radius 1 is 1.12 bits per heavy atom. The van der Waals surface area contributed by atoms with Gasteiger partial charge in [0.05, 0.1) is 17.9 Å². The SMILES string of the molecule is C[C@@H]1[C@H](NC(=O)c2ccc(C3CC3)cc2)CCCN1c1cnc(C(N)=O)c(NC(C=NC2CCNCC2)=CN)n1. The maximum atomic E-state index is 13.0. The molecule has 3 fully saturated rings. The largest absolute Gasteiger partial charge is 0.403 e. The zero-order chi connectivity index (χ0) is 28.1. The molecule has 2 saturated heterocycles. The van der Waals surface area contributed by atoms with Crippen LogP contribution in [0.25, 0.3) is 0 Å². The lowest BCUT2D eigenvalue weighted by Gasteiger charge is -2.40. The predicted molar refractivity (Wildman–Crippen MR) is 157 cm³/mol. The van der Waals surface area contributed by atoms with E-state index in [2.05, 4.69) is 49.9 Å². The van der Waals surface area contributed by atoms with Crippen LogP contribution < -0.4 is 32.3 Å². The number of amides is 2. The van der Waals surface area contributed by atoms with Crippen LogP contribution in [0, 0.1) is 0 Å². The van der Waals surface area contributed by atoms with Crippen molar-refractivity contribution in [1.82, 2.24) is 20.6 Å². The minimum Gasteiger partial charge on any atom is -0.403 e. The molecule has 40 heavy (non-hydrogen) atoms. The Morgan fingerprint density at radius 2 is 1.88 bits per heavy atom. The van der Waals surface area contributed by atoms with Gasteiger partial charge in [0.2, 0.25) is 0 Å². The quantitative estimate of drug-likeness (QED) is 0.300. The molecule has 1 aromatic heterocycles. The Morgan fingerprint density at radius 3 is 2.55 bits per heavy atom. The van der Waals surface area contributed by atoms with E-state index in [9.17, 15) is 9.59 Å². The second-order valence-corrected chi connectivity index (χ2v) is 10.8. The topological polar surface area (TPSA) is 164 Å². The normalized spacial score (nSPS) is 22.3. The highest BCUT2D eigenvalue weighted by Gasteiger charge is 2.31. The van der Waals surface area contributed by atoms with Gasteiger partial charge >= 0.3 is 0 Å². The molecule has 0 spiro atoms. The van der Waals surface area contributed by atoms with Crippen LogP contribution in [0.1, 0.15) is 77.8 Å². The number of rotatable bonds is 9. The van der Waals surface area contributed by atoms with E-state index in [1.165, 1.54) is 24.6 Å². The highest BCUT2D eigenvalue weighted by molar-refractivity contribution is 5.97. The summed E-state index contributed by atoms with van der Waals surface area (Å²) < 4.78 is 0. The molecule has 11 heteroatoms. The number of hydrogen-bond acceptors (Lipinski definition) is 9. The number of aromatic nitrogens is 2. The van der Waals surface area contributed by atoms with Crippen molar-refractivity contribution in [3.05, 3.63) is 59.2 Å². The first kappa shape index (κ1) is 27.6. The van der Waals surface area contributed by atoms with Crippen molar-refractivity contribution in [2.75, 3.05) is 29.9 Å². The van der Waals surface area contributed by atoms with Crippen LogP contribution in [-0.2, 0) is 0 Å². The third kappa shape index (κ3) is 6.59. The molecule has 7 N–H and O–H groups in total. The summed E-state index contributed by atoms with van der Waals surface area (Å²) in [6.07, 6.45) is 10.7. The van der Waals surface area contributed by atoms with Gasteiger partial charge in [-0.2, -0.15) is 0 Å². The summed E-state index contributed by atoms with van der Waals surface area (Å²) in [4.78, 5) is 41.0. The first-order valence-electron chi connectivity index (χ1n) is 14.2. The van der Waals surface area contributed by atoms with Gasteiger partial charge in [0.1, 0.15) is 5.82 Å². The average Bonchev–Trinajstić information content (AvgIpc) is 3.82. The number of benzene rings is 1. The Kier molecular flexibility index (Phi) is 8.59. The van der Waals surface area contributed by atoms with Crippen LogP contribution >= 0.6 is 0 Å². The molecule has 0 radical (unpaired) electrons. The van der Waals surface area contributed by atoms with E-state index in [-0.39, 0.29) is 35.5 Å². The number of piperidine rings is 2. The molecule has 212 valence electrons. The third-order valence-corrected chi connectivity index (χ3v) is 7.99. The van der Waals surface area contributed by atoms with Gasteiger partial charge in [0.25, 0.3) is 11.8 Å². The minimum absolute atomic E-state index is 0.0162. The maximum Gasteiger partial charge on any atom is 0.271 e. The number of nitrogens with two attached hydrogens (primary N) is 2. The average molecular weight is 546 g/mol. The Hall–Kier alpha value is -3.99. The summed E-state index contributed by atoms with van der Waals surface area (Å²) in [6, 6.07) is 8.05. The highest BCUT2D eigenvalue weighted by atomic mass is 16.2. The van der Waals surface area contributed by atoms with E-state index in [1.807, 2.05) is 12.1 Å². The van der Waals surface area contributed by atoms with Crippen LogP contribution in [-0.4, -0.2) is 65.8 Å². The number of anilines is 2. The van der Waals surface area contributed by atoms with E-state index < -0.39 is 5.91 Å². The summed E-state index contributed by atoms with van der Waals surface area (Å²) in [6.45, 7) is 4.66. The second kappa shape index (κ2) is 12.5. The van der Waals surface area contributed by atoms with Crippen LogP contribution in [0.2, 0.25) is 0 Å². The first-order valence-corrected chi connectivity index (χ1v) is 14.2. The number of carbonyl (C=O) groups excluding carboxylic acids is 2. The zero-order valence-corrected chi connectivity index (χ0v) is 23.0. The molecule has 2 aliphatic heterocycles. The number of nitrogens with one attached hydrogen (secondary N) is 3. The number of aliphatic imine (C=N–C) groups is 1. The number of primary amides is 1. The second-order valence-electron chi connectivity index (χ2n) is 10.8. The summed E-state index contributed by atoms with van der Waals surface area (Å²) in [5.74, 6) is 0.678. The van der Waals surface area contributed by atoms with Crippen LogP contribution in [0.5, 0.6) is 0 Å². The number of nitrogens with zero attached hydrogens (tertiary/aromatic N) is 4. The van der Waals surface area contributed by atoms with Gasteiger partial charge in [-0.15, -0.1) is 0 Å². The van der Waals surface area contributed by atoms with Gasteiger partial charge in [0, 0.05) is 36.6 Å². The summed E-state index contributed by atoms with van der Waals surface area (Å²) in [5.41, 5.74) is 14.0. The molecule has 1 aromatic carbocycles. The monoisotopic (exact) mass is 545 g/mol. The third-order valence-electron chi connectivity index (χ3n) is 7.99. The lowest BCUT2D eigenvalue weighted by Crippen LogP contribution is -2.54. The smallest absolute Gasteiger partial charge is 0.271 e. The Labute approximate surface area is 234 Å². The van der Waals surface area contributed by atoms with Crippen molar-refractivity contribution in [2.24, 2.45) is 16.5 Å². The van der Waals surface area contributed by atoms with Crippen LogP contribution in [0.15, 0.2) is 47.4 Å². The van der Waals surface area contributed by atoms with Gasteiger partial charge in [-0.25, -0.2) is 9.97 Å². The molecule has 1 aliphatic carbocycles. The van der Waals surface area contributed by atoms with E-state index in [4.69, 9.17) is 16.5 Å². The van der Waals surface area contributed by atoms with E-state index in [0.29, 0.717) is 23.0 Å². The molecule has 1 saturated carbocycles. The maximum absolute atomic E-state index is 13.0. The van der Waals surface area contributed by atoms with Crippen molar-refractivity contribution >= 4 is 29.7 Å². The van der Waals surface area contributed by atoms with Crippen LogP contribution in [0.4, 0.5) is 11.6 Å². The van der Waals surface area contributed by atoms with Gasteiger partial charge in [-0.3, -0.25) is 14.6 Å². The molecule has 3 aliphatic rings. The number of hydrogen-bond donors (Lipinski definition) is 5. The van der Waals surface area contributed by atoms with Crippen LogP contribution in [0.3, 0.4) is 0 Å². The molecule has 0 unspecified atom stereocenters. The number of carbonyl (C=O) groups is 2.